The van der Waals surface area contributed by atoms with Gasteiger partial charge in [-0.2, -0.15) is 0 Å². The zero-order valence-corrected chi connectivity index (χ0v) is 6.16. The molecular formula is C7H12O4. The topological polar surface area (TPSA) is 77.8 Å². The van der Waals surface area contributed by atoms with E-state index in [0.717, 1.165) is 0 Å². The zero-order valence-electron chi connectivity index (χ0n) is 6.16. The van der Waals surface area contributed by atoms with E-state index in [1.807, 2.05) is 0 Å². The van der Waals surface area contributed by atoms with Crippen molar-refractivity contribution in [2.45, 2.75) is 18.9 Å². The smallest absolute Gasteiger partial charge is 0.333 e. The minimum Gasteiger partial charge on any atom is -0.478 e. The molecule has 0 aromatic carbocycles. The zero-order chi connectivity index (χ0) is 8.85. The lowest BCUT2D eigenvalue weighted by molar-refractivity contribution is -0.133. The molecule has 4 nitrogen and oxygen atoms in total. The molecule has 0 fully saturated rings. The Kier molecular flexibility index (Phi) is 4.49. The van der Waals surface area contributed by atoms with Gasteiger partial charge in [0.05, 0.1) is 11.7 Å². The van der Waals surface area contributed by atoms with Crippen LogP contribution in [0.3, 0.4) is 0 Å². The molecule has 0 spiro atoms. The summed E-state index contributed by atoms with van der Waals surface area (Å²) in [6.45, 7) is 3.12. The summed E-state index contributed by atoms with van der Waals surface area (Å²) in [5, 5.41) is 25.7. The molecule has 0 rings (SSSR count). The molecule has 64 valence electrons. The van der Waals surface area contributed by atoms with Crippen molar-refractivity contribution in [3.8, 4) is 0 Å². The first-order chi connectivity index (χ1) is 5.09. The maximum Gasteiger partial charge on any atom is 0.333 e. The normalized spacial score (nSPS) is 12.5. The van der Waals surface area contributed by atoms with E-state index in [2.05, 4.69) is 6.58 Å². The number of carboxylic acids is 1. The van der Waals surface area contributed by atoms with Crippen LogP contribution in [0, 0.1) is 0 Å². The van der Waals surface area contributed by atoms with Crippen LogP contribution < -0.4 is 0 Å². The van der Waals surface area contributed by atoms with Crippen molar-refractivity contribution in [2.75, 3.05) is 6.61 Å². The van der Waals surface area contributed by atoms with E-state index in [1.165, 1.54) is 0 Å². The van der Waals surface area contributed by atoms with Gasteiger partial charge in [-0.1, -0.05) is 6.58 Å². The molecule has 3 N–H and O–H groups in total. The van der Waals surface area contributed by atoms with Crippen LogP contribution in [-0.4, -0.2) is 34.0 Å². The fourth-order valence-electron chi connectivity index (χ4n) is 0.601. The molecule has 1 unspecified atom stereocenters. The molecule has 1 atom stereocenters. The standard InChI is InChI=1S/C7H12O4/c1-5(7(10)11)6(9)3-2-4-8/h6,8-9H,1-4H2,(H,10,11). The van der Waals surface area contributed by atoms with Crippen molar-refractivity contribution in [1.82, 2.24) is 0 Å². The molecule has 0 radical (unpaired) electrons. The van der Waals surface area contributed by atoms with Crippen LogP contribution in [0.5, 0.6) is 0 Å². The van der Waals surface area contributed by atoms with Crippen molar-refractivity contribution in [3.05, 3.63) is 12.2 Å². The highest BCUT2D eigenvalue weighted by molar-refractivity contribution is 5.86. The fourth-order valence-corrected chi connectivity index (χ4v) is 0.601. The maximum absolute atomic E-state index is 10.2. The Labute approximate surface area is 64.8 Å². The third-order valence-electron chi connectivity index (χ3n) is 1.31. The van der Waals surface area contributed by atoms with Gasteiger partial charge >= 0.3 is 5.97 Å². The third-order valence-corrected chi connectivity index (χ3v) is 1.31. The average Bonchev–Trinajstić information content (AvgIpc) is 1.98. The number of rotatable bonds is 5. The molecule has 0 aliphatic carbocycles. The van der Waals surface area contributed by atoms with E-state index < -0.39 is 12.1 Å². The molecule has 0 aliphatic rings. The highest BCUT2D eigenvalue weighted by atomic mass is 16.4. The Hall–Kier alpha value is -0.870. The third kappa shape index (κ3) is 3.75. The molecule has 0 bridgehead atoms. The second-order valence-electron chi connectivity index (χ2n) is 2.21. The van der Waals surface area contributed by atoms with Crippen molar-refractivity contribution < 1.29 is 20.1 Å². The predicted molar refractivity (Wildman–Crippen MR) is 39.1 cm³/mol. The lowest BCUT2D eigenvalue weighted by Crippen LogP contribution is -2.16. The Morgan fingerprint density at radius 3 is 2.45 bits per heavy atom. The number of carboxylic acid groups (broad SMARTS) is 1. The van der Waals surface area contributed by atoms with Gasteiger partial charge in [-0.3, -0.25) is 0 Å². The second kappa shape index (κ2) is 4.87. The SMILES string of the molecule is C=C(C(=O)O)C(O)CCCO. The number of hydrogen-bond donors (Lipinski definition) is 3. The van der Waals surface area contributed by atoms with Gasteiger partial charge in [-0.25, -0.2) is 4.79 Å². The summed E-state index contributed by atoms with van der Waals surface area (Å²) < 4.78 is 0. The molecule has 0 saturated carbocycles. The molecule has 11 heavy (non-hydrogen) atoms. The lowest BCUT2D eigenvalue weighted by atomic mass is 10.1. The Morgan fingerprint density at radius 2 is 2.09 bits per heavy atom. The number of aliphatic carboxylic acids is 1. The lowest BCUT2D eigenvalue weighted by Gasteiger charge is -2.07. The van der Waals surface area contributed by atoms with E-state index >= 15 is 0 Å². The molecule has 0 saturated heterocycles. The Morgan fingerprint density at radius 1 is 1.55 bits per heavy atom. The Balaban J connectivity index is 3.73. The van der Waals surface area contributed by atoms with Gasteiger partial charge in [-0.15, -0.1) is 0 Å². The summed E-state index contributed by atoms with van der Waals surface area (Å²) in [5.41, 5.74) is -0.224. The summed E-state index contributed by atoms with van der Waals surface area (Å²) in [6, 6.07) is 0. The number of hydrogen-bond acceptors (Lipinski definition) is 3. The van der Waals surface area contributed by atoms with E-state index in [0.29, 0.717) is 6.42 Å². The largest absolute Gasteiger partial charge is 0.478 e. The predicted octanol–water partition coefficient (Wildman–Crippen LogP) is -0.239. The van der Waals surface area contributed by atoms with Crippen molar-refractivity contribution in [2.24, 2.45) is 0 Å². The minimum absolute atomic E-state index is 0.0516. The van der Waals surface area contributed by atoms with E-state index in [4.69, 9.17) is 15.3 Å². The molecule has 0 amide bonds. The summed E-state index contributed by atoms with van der Waals surface area (Å²) >= 11 is 0. The van der Waals surface area contributed by atoms with Gasteiger partial charge in [0.1, 0.15) is 0 Å². The van der Waals surface area contributed by atoms with Gasteiger partial charge in [0.2, 0.25) is 0 Å². The van der Waals surface area contributed by atoms with E-state index in [-0.39, 0.29) is 18.6 Å². The number of aliphatic hydroxyl groups is 2. The molecule has 0 aromatic rings. The van der Waals surface area contributed by atoms with Gasteiger partial charge < -0.3 is 15.3 Å². The second-order valence-corrected chi connectivity index (χ2v) is 2.21. The highest BCUT2D eigenvalue weighted by Gasteiger charge is 2.13. The summed E-state index contributed by atoms with van der Waals surface area (Å²) in [7, 11) is 0. The Bertz CT molecular complexity index is 153. The monoisotopic (exact) mass is 160 g/mol. The van der Waals surface area contributed by atoms with Crippen LogP contribution >= 0.6 is 0 Å². The quantitative estimate of drug-likeness (QED) is 0.485. The van der Waals surface area contributed by atoms with Crippen LogP contribution in [-0.2, 0) is 4.79 Å². The molecule has 4 heteroatoms. The first-order valence-corrected chi connectivity index (χ1v) is 3.30. The summed E-state index contributed by atoms with van der Waals surface area (Å²) in [4.78, 5) is 10.2. The van der Waals surface area contributed by atoms with E-state index in [1.54, 1.807) is 0 Å². The minimum atomic E-state index is -1.20. The maximum atomic E-state index is 10.2. The number of carbonyl (C=O) groups is 1. The van der Waals surface area contributed by atoms with Crippen LogP contribution in [0.15, 0.2) is 12.2 Å². The van der Waals surface area contributed by atoms with Crippen molar-refractivity contribution in [1.29, 1.82) is 0 Å². The highest BCUT2D eigenvalue weighted by Crippen LogP contribution is 2.05. The van der Waals surface area contributed by atoms with Gasteiger partial charge in [0.25, 0.3) is 0 Å². The molecule has 0 aromatic heterocycles. The first-order valence-electron chi connectivity index (χ1n) is 3.30. The van der Waals surface area contributed by atoms with E-state index in [9.17, 15) is 4.79 Å². The summed E-state index contributed by atoms with van der Waals surface area (Å²) in [6.07, 6.45) is -0.422. The summed E-state index contributed by atoms with van der Waals surface area (Å²) in [5.74, 6) is -1.20. The van der Waals surface area contributed by atoms with Crippen molar-refractivity contribution >= 4 is 5.97 Å². The average molecular weight is 160 g/mol. The fraction of sp³-hybridized carbons (Fsp3) is 0.571. The molecule has 0 heterocycles. The van der Waals surface area contributed by atoms with Gasteiger partial charge in [-0.05, 0) is 12.8 Å². The molecular weight excluding hydrogens is 148 g/mol. The van der Waals surface area contributed by atoms with Crippen molar-refractivity contribution in [3.63, 3.8) is 0 Å². The first kappa shape index (κ1) is 10.1. The van der Waals surface area contributed by atoms with Crippen LogP contribution in [0.1, 0.15) is 12.8 Å². The van der Waals surface area contributed by atoms with Crippen LogP contribution in [0.25, 0.3) is 0 Å². The van der Waals surface area contributed by atoms with Gasteiger partial charge in [0.15, 0.2) is 0 Å². The molecule has 0 aliphatic heterocycles. The van der Waals surface area contributed by atoms with Crippen LogP contribution in [0.4, 0.5) is 0 Å². The van der Waals surface area contributed by atoms with Gasteiger partial charge in [0, 0.05) is 6.61 Å². The number of aliphatic hydroxyl groups excluding tert-OH is 2. The van der Waals surface area contributed by atoms with Crippen LogP contribution in [0.2, 0.25) is 0 Å².